The number of amides is 1. The lowest BCUT2D eigenvalue weighted by Gasteiger charge is -2.31. The van der Waals surface area contributed by atoms with Gasteiger partial charge >= 0.3 is 0 Å². The summed E-state index contributed by atoms with van der Waals surface area (Å²) in [5, 5.41) is 3.06. The largest absolute Gasteiger partial charge is 0.484 e. The molecule has 0 aliphatic carbocycles. The van der Waals surface area contributed by atoms with E-state index in [4.69, 9.17) is 4.74 Å². The Morgan fingerprint density at radius 3 is 2.21 bits per heavy atom. The summed E-state index contributed by atoms with van der Waals surface area (Å²) in [4.78, 5) is 14.8. The molecule has 158 valence electrons. The van der Waals surface area contributed by atoms with Crippen molar-refractivity contribution in [3.8, 4) is 5.75 Å². The molecular weight excluding hydrogens is 360 g/mol. The predicted octanol–water partition coefficient (Wildman–Crippen LogP) is 4.87. The third-order valence-corrected chi connectivity index (χ3v) is 5.36. The van der Waals surface area contributed by atoms with Crippen LogP contribution in [0.5, 0.6) is 5.75 Å². The zero-order valence-electron chi connectivity index (χ0n) is 18.8. The van der Waals surface area contributed by atoms with Gasteiger partial charge in [-0.15, -0.1) is 0 Å². The highest BCUT2D eigenvalue weighted by molar-refractivity contribution is 5.77. The van der Waals surface area contributed by atoms with Crippen molar-refractivity contribution in [3.63, 3.8) is 0 Å². The molecular formula is C25H36N2O2. The van der Waals surface area contributed by atoms with Crippen LogP contribution < -0.4 is 10.1 Å². The number of aryl methyl sites for hydroxylation is 1. The van der Waals surface area contributed by atoms with Crippen LogP contribution in [0.25, 0.3) is 0 Å². The highest BCUT2D eigenvalue weighted by atomic mass is 16.5. The Labute approximate surface area is 176 Å². The summed E-state index contributed by atoms with van der Waals surface area (Å²) in [7, 11) is 0. The Hall–Kier alpha value is -2.33. The van der Waals surface area contributed by atoms with Crippen molar-refractivity contribution >= 4 is 5.91 Å². The van der Waals surface area contributed by atoms with Gasteiger partial charge in [0.1, 0.15) is 5.75 Å². The van der Waals surface area contributed by atoms with Gasteiger partial charge in [0.15, 0.2) is 6.61 Å². The summed E-state index contributed by atoms with van der Waals surface area (Å²) >= 11 is 0. The molecule has 1 N–H and O–H groups in total. The molecule has 29 heavy (non-hydrogen) atoms. The molecule has 1 atom stereocenters. The Balaban J connectivity index is 2.03. The molecule has 0 spiro atoms. The first kappa shape index (κ1) is 23.0. The van der Waals surface area contributed by atoms with E-state index in [0.717, 1.165) is 24.4 Å². The third kappa shape index (κ3) is 6.60. The van der Waals surface area contributed by atoms with Crippen LogP contribution in [-0.2, 0) is 10.2 Å². The van der Waals surface area contributed by atoms with E-state index in [-0.39, 0.29) is 24.0 Å². The maximum absolute atomic E-state index is 12.4. The summed E-state index contributed by atoms with van der Waals surface area (Å²) < 4.78 is 5.68. The van der Waals surface area contributed by atoms with Crippen molar-refractivity contribution < 1.29 is 9.53 Å². The summed E-state index contributed by atoms with van der Waals surface area (Å²) in [5.74, 6) is 0.650. The number of hydrogen-bond acceptors (Lipinski definition) is 3. The Morgan fingerprint density at radius 2 is 1.66 bits per heavy atom. The molecule has 0 radical (unpaired) electrons. The number of benzene rings is 2. The number of nitrogens with zero attached hydrogens (tertiary/aromatic N) is 1. The molecule has 4 heteroatoms. The molecule has 0 unspecified atom stereocenters. The van der Waals surface area contributed by atoms with Gasteiger partial charge in [-0.25, -0.2) is 0 Å². The first-order valence-electron chi connectivity index (χ1n) is 10.6. The van der Waals surface area contributed by atoms with Crippen LogP contribution in [0.15, 0.2) is 48.5 Å². The van der Waals surface area contributed by atoms with Crippen LogP contribution in [0.1, 0.15) is 57.4 Å². The third-order valence-electron chi connectivity index (χ3n) is 5.36. The fourth-order valence-electron chi connectivity index (χ4n) is 3.45. The van der Waals surface area contributed by atoms with Crippen LogP contribution in [0, 0.1) is 6.92 Å². The highest BCUT2D eigenvalue weighted by Crippen LogP contribution is 2.26. The summed E-state index contributed by atoms with van der Waals surface area (Å²) in [6.45, 7) is 15.4. The van der Waals surface area contributed by atoms with Crippen LogP contribution in [0.4, 0.5) is 0 Å². The SMILES string of the molecule is CCN(CC)[C@H](CNC(=O)COc1ccccc1C)c1ccc(C(C)(C)C)cc1. The minimum atomic E-state index is -0.100. The standard InChI is InChI=1S/C25H36N2O2/c1-7-27(8-2)22(20-13-15-21(16-14-20)25(4,5)6)17-26-24(28)18-29-23-12-10-9-11-19(23)3/h9-16,22H,7-8,17-18H2,1-6H3,(H,26,28)/t22-/m1/s1. The smallest absolute Gasteiger partial charge is 0.258 e. The molecule has 0 fully saturated rings. The van der Waals surface area contributed by atoms with Gasteiger partial charge in [0.2, 0.25) is 0 Å². The maximum Gasteiger partial charge on any atom is 0.258 e. The van der Waals surface area contributed by atoms with Crippen LogP contribution in [-0.4, -0.2) is 37.0 Å². The van der Waals surface area contributed by atoms with Gasteiger partial charge in [-0.3, -0.25) is 9.69 Å². The van der Waals surface area contributed by atoms with E-state index in [2.05, 4.69) is 69.1 Å². The molecule has 2 rings (SSSR count). The molecule has 0 saturated carbocycles. The molecule has 0 bridgehead atoms. The lowest BCUT2D eigenvalue weighted by atomic mass is 9.86. The molecule has 2 aromatic carbocycles. The Bertz CT molecular complexity index is 774. The zero-order valence-corrected chi connectivity index (χ0v) is 18.8. The average molecular weight is 397 g/mol. The number of ether oxygens (including phenoxy) is 1. The summed E-state index contributed by atoms with van der Waals surface area (Å²) in [6.07, 6.45) is 0. The van der Waals surface area contributed by atoms with E-state index in [1.165, 1.54) is 11.1 Å². The topological polar surface area (TPSA) is 41.6 Å². The van der Waals surface area contributed by atoms with E-state index in [1.54, 1.807) is 0 Å². The number of carbonyl (C=O) groups is 1. The summed E-state index contributed by atoms with van der Waals surface area (Å²) in [6, 6.07) is 16.7. The van der Waals surface area contributed by atoms with E-state index in [9.17, 15) is 4.79 Å². The van der Waals surface area contributed by atoms with Gasteiger partial charge < -0.3 is 10.1 Å². The van der Waals surface area contributed by atoms with Crippen molar-refractivity contribution in [3.05, 3.63) is 65.2 Å². The van der Waals surface area contributed by atoms with Gasteiger partial charge in [-0.2, -0.15) is 0 Å². The molecule has 2 aromatic rings. The number of carbonyl (C=O) groups excluding carboxylic acids is 1. The first-order valence-corrected chi connectivity index (χ1v) is 10.6. The second-order valence-corrected chi connectivity index (χ2v) is 8.47. The lowest BCUT2D eigenvalue weighted by molar-refractivity contribution is -0.123. The number of rotatable bonds is 9. The fraction of sp³-hybridized carbons (Fsp3) is 0.480. The van der Waals surface area contributed by atoms with Gasteiger partial charge in [-0.05, 0) is 48.2 Å². The number of para-hydroxylation sites is 1. The van der Waals surface area contributed by atoms with Gasteiger partial charge in [-0.1, -0.05) is 77.1 Å². The number of nitrogens with one attached hydrogen (secondary N) is 1. The summed E-state index contributed by atoms with van der Waals surface area (Å²) in [5.41, 5.74) is 3.70. The Kier molecular flexibility index (Phi) is 8.27. The van der Waals surface area contributed by atoms with Gasteiger partial charge in [0.05, 0.1) is 6.04 Å². The van der Waals surface area contributed by atoms with E-state index in [1.807, 2.05) is 31.2 Å². The molecule has 1 amide bonds. The second kappa shape index (κ2) is 10.4. The molecule has 0 aliphatic heterocycles. The van der Waals surface area contributed by atoms with E-state index >= 15 is 0 Å². The fourth-order valence-corrected chi connectivity index (χ4v) is 3.45. The predicted molar refractivity (Wildman–Crippen MR) is 120 cm³/mol. The maximum atomic E-state index is 12.4. The normalized spacial score (nSPS) is 12.7. The second-order valence-electron chi connectivity index (χ2n) is 8.47. The van der Waals surface area contributed by atoms with Crippen molar-refractivity contribution in [2.24, 2.45) is 0 Å². The van der Waals surface area contributed by atoms with E-state index < -0.39 is 0 Å². The molecule has 0 heterocycles. The number of hydrogen-bond donors (Lipinski definition) is 1. The molecule has 0 aliphatic rings. The first-order chi connectivity index (χ1) is 13.8. The van der Waals surface area contributed by atoms with Crippen molar-refractivity contribution in [1.82, 2.24) is 10.2 Å². The van der Waals surface area contributed by atoms with Crippen LogP contribution in [0.2, 0.25) is 0 Å². The monoisotopic (exact) mass is 396 g/mol. The van der Waals surface area contributed by atoms with Crippen LogP contribution >= 0.6 is 0 Å². The minimum absolute atomic E-state index is 0.0266. The van der Waals surface area contributed by atoms with Gasteiger partial charge in [0.25, 0.3) is 5.91 Å². The van der Waals surface area contributed by atoms with Crippen molar-refractivity contribution in [2.45, 2.75) is 53.0 Å². The average Bonchev–Trinajstić information content (AvgIpc) is 2.70. The van der Waals surface area contributed by atoms with E-state index in [0.29, 0.717) is 6.54 Å². The Morgan fingerprint density at radius 1 is 1.03 bits per heavy atom. The van der Waals surface area contributed by atoms with Crippen molar-refractivity contribution in [1.29, 1.82) is 0 Å². The van der Waals surface area contributed by atoms with Crippen LogP contribution in [0.3, 0.4) is 0 Å². The molecule has 4 nitrogen and oxygen atoms in total. The minimum Gasteiger partial charge on any atom is -0.484 e. The van der Waals surface area contributed by atoms with Gasteiger partial charge in [0, 0.05) is 6.54 Å². The molecule has 0 aromatic heterocycles. The lowest BCUT2D eigenvalue weighted by Crippen LogP contribution is -2.39. The quantitative estimate of drug-likeness (QED) is 0.657. The van der Waals surface area contributed by atoms with Crippen molar-refractivity contribution in [2.75, 3.05) is 26.2 Å². The zero-order chi connectivity index (χ0) is 21.4. The molecule has 0 saturated heterocycles. The highest BCUT2D eigenvalue weighted by Gasteiger charge is 2.20. The number of likely N-dealkylation sites (N-methyl/N-ethyl adjacent to an activating group) is 1.